The van der Waals surface area contributed by atoms with Gasteiger partial charge in [0.25, 0.3) is 0 Å². The zero-order valence-electron chi connectivity index (χ0n) is 10.9. The van der Waals surface area contributed by atoms with Gasteiger partial charge in [0.2, 0.25) is 5.91 Å². The van der Waals surface area contributed by atoms with Gasteiger partial charge in [0.05, 0.1) is 0 Å². The quantitative estimate of drug-likeness (QED) is 0.870. The molecule has 2 nitrogen and oxygen atoms in total. The van der Waals surface area contributed by atoms with Crippen LogP contribution in [0.2, 0.25) is 0 Å². The molecule has 19 heavy (non-hydrogen) atoms. The first-order valence-electron chi connectivity index (χ1n) is 6.59. The van der Waals surface area contributed by atoms with E-state index in [1.807, 2.05) is 18.2 Å². The molecule has 0 unspecified atom stereocenters. The van der Waals surface area contributed by atoms with Crippen LogP contribution in [0.5, 0.6) is 0 Å². The molecule has 0 atom stereocenters. The summed E-state index contributed by atoms with van der Waals surface area (Å²) in [6.45, 7) is 1.54. The van der Waals surface area contributed by atoms with Crippen LogP contribution in [-0.2, 0) is 17.6 Å². The van der Waals surface area contributed by atoms with Crippen molar-refractivity contribution in [2.45, 2.75) is 25.7 Å². The second kappa shape index (κ2) is 4.88. The molecule has 0 aliphatic heterocycles. The highest BCUT2D eigenvalue weighted by Gasteiger charge is 2.24. The van der Waals surface area contributed by atoms with E-state index in [-0.39, 0.29) is 5.91 Å². The van der Waals surface area contributed by atoms with E-state index >= 15 is 0 Å². The molecule has 0 heterocycles. The average Bonchev–Trinajstić information content (AvgIpc) is 2.82. The Morgan fingerprint density at radius 3 is 2.47 bits per heavy atom. The number of fused-ring (bicyclic) bond motifs is 1. The van der Waals surface area contributed by atoms with E-state index in [9.17, 15) is 4.79 Å². The Labute approximate surface area is 113 Å². The number of hydrogen-bond acceptors (Lipinski definition) is 1. The third kappa shape index (κ3) is 2.39. The summed E-state index contributed by atoms with van der Waals surface area (Å²) in [6, 6.07) is 17.7. The van der Waals surface area contributed by atoms with E-state index in [4.69, 9.17) is 0 Å². The van der Waals surface area contributed by atoms with Crippen molar-refractivity contribution in [2.75, 3.05) is 5.32 Å². The molecule has 1 aliphatic rings. The fourth-order valence-corrected chi connectivity index (χ4v) is 2.85. The maximum absolute atomic E-state index is 11.3. The van der Waals surface area contributed by atoms with Gasteiger partial charge in [-0.05, 0) is 47.6 Å². The Morgan fingerprint density at radius 2 is 1.84 bits per heavy atom. The van der Waals surface area contributed by atoms with Crippen molar-refractivity contribution < 1.29 is 4.79 Å². The first kappa shape index (κ1) is 12.0. The van der Waals surface area contributed by atoms with E-state index in [0.29, 0.717) is 5.92 Å². The zero-order valence-corrected chi connectivity index (χ0v) is 10.9. The van der Waals surface area contributed by atoms with Crippen LogP contribution < -0.4 is 5.32 Å². The molecule has 0 spiro atoms. The van der Waals surface area contributed by atoms with Crippen LogP contribution in [0.3, 0.4) is 0 Å². The van der Waals surface area contributed by atoms with Crippen LogP contribution in [0.25, 0.3) is 0 Å². The Hall–Kier alpha value is -2.09. The highest BCUT2D eigenvalue weighted by molar-refractivity contribution is 5.89. The lowest BCUT2D eigenvalue weighted by atomic mass is 9.94. The molecule has 3 rings (SSSR count). The van der Waals surface area contributed by atoms with Gasteiger partial charge in [0.1, 0.15) is 0 Å². The van der Waals surface area contributed by atoms with Gasteiger partial charge < -0.3 is 5.32 Å². The largest absolute Gasteiger partial charge is 0.326 e. The van der Waals surface area contributed by atoms with Crippen molar-refractivity contribution in [3.63, 3.8) is 0 Å². The molecular formula is C17H16NO. The van der Waals surface area contributed by atoms with E-state index in [0.717, 1.165) is 24.1 Å². The smallest absolute Gasteiger partial charge is 0.221 e. The highest BCUT2D eigenvalue weighted by Crippen LogP contribution is 2.36. The second-order valence-electron chi connectivity index (χ2n) is 5.05. The molecule has 1 amide bonds. The Balaban J connectivity index is 1.91. The van der Waals surface area contributed by atoms with Crippen LogP contribution in [0.15, 0.2) is 42.5 Å². The normalized spacial score (nSPS) is 14.2. The second-order valence-corrected chi connectivity index (χ2v) is 5.05. The molecule has 2 aromatic rings. The SMILES string of the molecule is CC(=O)Nc1ccc[c]c1C1Cc2ccccc2C1. The fraction of sp³-hybridized carbons (Fsp3) is 0.235. The van der Waals surface area contributed by atoms with E-state index in [1.54, 1.807) is 6.92 Å². The molecule has 95 valence electrons. The lowest BCUT2D eigenvalue weighted by Crippen LogP contribution is -2.10. The molecule has 0 saturated carbocycles. The first-order valence-corrected chi connectivity index (χ1v) is 6.59. The van der Waals surface area contributed by atoms with Gasteiger partial charge in [-0.25, -0.2) is 0 Å². The summed E-state index contributed by atoms with van der Waals surface area (Å²) in [5, 5.41) is 2.91. The lowest BCUT2D eigenvalue weighted by Gasteiger charge is -2.14. The fourth-order valence-electron chi connectivity index (χ4n) is 2.85. The maximum Gasteiger partial charge on any atom is 0.221 e. The summed E-state index contributed by atoms with van der Waals surface area (Å²) in [4.78, 5) is 11.3. The van der Waals surface area contributed by atoms with E-state index in [1.165, 1.54) is 11.1 Å². The van der Waals surface area contributed by atoms with Crippen molar-refractivity contribution in [1.82, 2.24) is 0 Å². The number of nitrogens with one attached hydrogen (secondary N) is 1. The van der Waals surface area contributed by atoms with Crippen LogP contribution in [0.4, 0.5) is 5.69 Å². The Bertz CT molecular complexity index is 593. The number of carbonyl (C=O) groups is 1. The maximum atomic E-state index is 11.3. The molecule has 0 bridgehead atoms. The number of rotatable bonds is 2. The van der Waals surface area contributed by atoms with Gasteiger partial charge in [-0.15, -0.1) is 0 Å². The molecular weight excluding hydrogens is 234 g/mol. The topological polar surface area (TPSA) is 29.1 Å². The zero-order chi connectivity index (χ0) is 13.2. The molecule has 1 aliphatic carbocycles. The minimum atomic E-state index is -0.0311. The average molecular weight is 250 g/mol. The summed E-state index contributed by atoms with van der Waals surface area (Å²) in [5.41, 5.74) is 4.85. The minimum Gasteiger partial charge on any atom is -0.326 e. The standard InChI is InChI=1S/C17H16NO/c1-12(19)18-17-9-5-4-8-16(17)15-10-13-6-2-3-7-14(13)11-15/h2-7,9,15H,10-11H2,1H3,(H,18,19). The molecule has 0 fully saturated rings. The van der Waals surface area contributed by atoms with E-state index in [2.05, 4.69) is 35.6 Å². The molecule has 2 aromatic carbocycles. The van der Waals surface area contributed by atoms with Gasteiger partial charge in [0, 0.05) is 12.6 Å². The van der Waals surface area contributed by atoms with Gasteiger partial charge in [-0.3, -0.25) is 4.79 Å². The number of carbonyl (C=O) groups excluding carboxylic acids is 1. The Morgan fingerprint density at radius 1 is 1.16 bits per heavy atom. The highest BCUT2D eigenvalue weighted by atomic mass is 16.1. The lowest BCUT2D eigenvalue weighted by molar-refractivity contribution is -0.114. The molecule has 1 N–H and O–H groups in total. The van der Waals surface area contributed by atoms with E-state index < -0.39 is 0 Å². The number of benzene rings is 2. The third-order valence-corrected chi connectivity index (χ3v) is 3.66. The van der Waals surface area contributed by atoms with Crippen molar-refractivity contribution in [2.24, 2.45) is 0 Å². The van der Waals surface area contributed by atoms with Crippen molar-refractivity contribution in [3.05, 3.63) is 65.2 Å². The Kier molecular flexibility index (Phi) is 3.08. The van der Waals surface area contributed by atoms with Gasteiger partial charge in [0.15, 0.2) is 0 Å². The molecule has 2 heteroatoms. The molecule has 0 saturated heterocycles. The van der Waals surface area contributed by atoms with Gasteiger partial charge >= 0.3 is 0 Å². The van der Waals surface area contributed by atoms with Crippen LogP contribution >= 0.6 is 0 Å². The number of amides is 1. The monoisotopic (exact) mass is 250 g/mol. The number of hydrogen-bond donors (Lipinski definition) is 1. The first-order chi connectivity index (χ1) is 9.24. The predicted molar refractivity (Wildman–Crippen MR) is 76.2 cm³/mol. The van der Waals surface area contributed by atoms with Crippen LogP contribution in [0, 0.1) is 6.07 Å². The summed E-state index contributed by atoms with van der Waals surface area (Å²) in [7, 11) is 0. The van der Waals surface area contributed by atoms with Crippen molar-refractivity contribution in [3.8, 4) is 0 Å². The van der Waals surface area contributed by atoms with Crippen molar-refractivity contribution in [1.29, 1.82) is 0 Å². The predicted octanol–water partition coefficient (Wildman–Crippen LogP) is 3.33. The van der Waals surface area contributed by atoms with Gasteiger partial charge in [-0.1, -0.05) is 36.4 Å². The minimum absolute atomic E-state index is 0.0311. The summed E-state index contributed by atoms with van der Waals surface area (Å²) < 4.78 is 0. The summed E-state index contributed by atoms with van der Waals surface area (Å²) in [6.07, 6.45) is 2.06. The molecule has 1 radical (unpaired) electrons. The summed E-state index contributed by atoms with van der Waals surface area (Å²) in [5.74, 6) is 0.386. The number of anilines is 1. The van der Waals surface area contributed by atoms with Crippen molar-refractivity contribution >= 4 is 11.6 Å². The third-order valence-electron chi connectivity index (χ3n) is 3.66. The van der Waals surface area contributed by atoms with Crippen LogP contribution in [-0.4, -0.2) is 5.91 Å². The molecule has 0 aromatic heterocycles. The van der Waals surface area contributed by atoms with Crippen LogP contribution in [0.1, 0.15) is 29.5 Å². The van der Waals surface area contributed by atoms with Gasteiger partial charge in [-0.2, -0.15) is 0 Å². The summed E-state index contributed by atoms with van der Waals surface area (Å²) >= 11 is 0.